The summed E-state index contributed by atoms with van der Waals surface area (Å²) in [6.45, 7) is 2.46. The van der Waals surface area contributed by atoms with E-state index in [1.807, 2.05) is 6.92 Å². The van der Waals surface area contributed by atoms with Crippen molar-refractivity contribution in [1.29, 1.82) is 0 Å². The van der Waals surface area contributed by atoms with E-state index in [2.05, 4.69) is 0 Å². The molecule has 0 heterocycles. The molecular formula is C9H17ClO4. The quantitative estimate of drug-likeness (QED) is 0.531. The largest absolute Gasteiger partial charge is 0.481 e. The molecule has 0 aromatic heterocycles. The summed E-state index contributed by atoms with van der Waals surface area (Å²) in [4.78, 5) is 21.0. The zero-order valence-corrected chi connectivity index (χ0v) is 9.14. The minimum Gasteiger partial charge on any atom is -0.481 e. The minimum atomic E-state index is -0.874. The molecule has 0 radical (unpaired) electrons. The van der Waals surface area contributed by atoms with Gasteiger partial charge in [-0.25, -0.2) is 0 Å². The van der Waals surface area contributed by atoms with E-state index < -0.39 is 5.97 Å². The summed E-state index contributed by atoms with van der Waals surface area (Å²) in [6.07, 6.45) is 2.45. The minimum absolute atomic E-state index is 0. The van der Waals surface area contributed by atoms with Gasteiger partial charge in [-0.1, -0.05) is 13.3 Å². The maximum absolute atomic E-state index is 10.9. The third kappa shape index (κ3) is 11.2. The molecule has 0 aromatic rings. The highest BCUT2D eigenvalue weighted by molar-refractivity contribution is 5.85. The summed E-state index contributed by atoms with van der Waals surface area (Å²) in [6, 6.07) is 0. The zero-order chi connectivity index (χ0) is 10.1. The molecule has 14 heavy (non-hydrogen) atoms. The number of halogens is 1. The Morgan fingerprint density at radius 1 is 1.21 bits per heavy atom. The van der Waals surface area contributed by atoms with E-state index >= 15 is 0 Å². The standard InChI is InChI=1S/C9H16O4.ClH/c1-2-3-7-13-9(12)6-4-5-8(10)11;/h2-7H2,1H3,(H,10,11);1H. The molecule has 0 fully saturated rings. The molecule has 0 amide bonds. The number of hydrogen-bond donors (Lipinski definition) is 1. The Kier molecular flexibility index (Phi) is 11.6. The second-order valence-corrected chi connectivity index (χ2v) is 2.82. The molecule has 1 N–H and O–H groups in total. The van der Waals surface area contributed by atoms with Crippen LogP contribution in [0.4, 0.5) is 0 Å². The first-order chi connectivity index (χ1) is 6.16. The van der Waals surface area contributed by atoms with Gasteiger partial charge in [0, 0.05) is 12.8 Å². The van der Waals surface area contributed by atoms with E-state index in [0.717, 1.165) is 12.8 Å². The second kappa shape index (κ2) is 10.3. The smallest absolute Gasteiger partial charge is 0.305 e. The fourth-order valence-corrected chi connectivity index (χ4v) is 0.786. The van der Waals surface area contributed by atoms with Crippen molar-refractivity contribution in [2.75, 3.05) is 6.61 Å². The van der Waals surface area contributed by atoms with Gasteiger partial charge in [0.15, 0.2) is 0 Å². The molecule has 0 bridgehead atoms. The van der Waals surface area contributed by atoms with Crippen molar-refractivity contribution >= 4 is 24.3 Å². The number of aliphatic carboxylic acids is 1. The van der Waals surface area contributed by atoms with E-state index in [-0.39, 0.29) is 31.2 Å². The molecular weight excluding hydrogens is 208 g/mol. The van der Waals surface area contributed by atoms with Crippen molar-refractivity contribution in [3.8, 4) is 0 Å². The van der Waals surface area contributed by atoms with Gasteiger partial charge < -0.3 is 9.84 Å². The highest BCUT2D eigenvalue weighted by Gasteiger charge is 2.03. The predicted molar refractivity (Wildman–Crippen MR) is 54.6 cm³/mol. The lowest BCUT2D eigenvalue weighted by Crippen LogP contribution is -2.06. The van der Waals surface area contributed by atoms with E-state index in [1.165, 1.54) is 0 Å². The van der Waals surface area contributed by atoms with Crippen LogP contribution in [0.25, 0.3) is 0 Å². The molecule has 4 nitrogen and oxygen atoms in total. The van der Waals surface area contributed by atoms with Crippen LogP contribution in [0.3, 0.4) is 0 Å². The number of ether oxygens (including phenoxy) is 1. The number of hydrogen-bond acceptors (Lipinski definition) is 3. The molecule has 5 heteroatoms. The van der Waals surface area contributed by atoms with Gasteiger partial charge in [-0.05, 0) is 12.8 Å². The average molecular weight is 225 g/mol. The Morgan fingerprint density at radius 2 is 1.86 bits per heavy atom. The lowest BCUT2D eigenvalue weighted by molar-refractivity contribution is -0.144. The number of carboxylic acids is 1. The number of unbranched alkanes of at least 4 members (excludes halogenated alkanes) is 1. The van der Waals surface area contributed by atoms with Gasteiger partial charge in [-0.3, -0.25) is 9.59 Å². The van der Waals surface area contributed by atoms with Gasteiger partial charge in [0.05, 0.1) is 6.61 Å². The Labute approximate surface area is 90.0 Å². The van der Waals surface area contributed by atoms with Crippen molar-refractivity contribution < 1.29 is 19.4 Å². The van der Waals surface area contributed by atoms with Crippen LogP contribution in [0, 0.1) is 0 Å². The molecule has 0 unspecified atom stereocenters. The van der Waals surface area contributed by atoms with Gasteiger partial charge in [0.2, 0.25) is 0 Å². The topological polar surface area (TPSA) is 63.6 Å². The maximum atomic E-state index is 10.9. The molecule has 0 aliphatic rings. The van der Waals surface area contributed by atoms with Crippen LogP contribution >= 0.6 is 12.4 Å². The third-order valence-electron chi connectivity index (χ3n) is 1.53. The number of carbonyl (C=O) groups excluding carboxylic acids is 1. The van der Waals surface area contributed by atoms with Crippen molar-refractivity contribution in [1.82, 2.24) is 0 Å². The molecule has 0 atom stereocenters. The van der Waals surface area contributed by atoms with Gasteiger partial charge in [0.1, 0.15) is 0 Å². The Bertz CT molecular complexity index is 170. The van der Waals surface area contributed by atoms with Crippen molar-refractivity contribution in [2.45, 2.75) is 39.0 Å². The predicted octanol–water partition coefficient (Wildman–Crippen LogP) is 2.01. The number of esters is 1. The summed E-state index contributed by atoms with van der Waals surface area (Å²) >= 11 is 0. The highest BCUT2D eigenvalue weighted by atomic mass is 35.5. The Morgan fingerprint density at radius 3 is 2.36 bits per heavy atom. The molecule has 0 aliphatic carbocycles. The molecule has 0 rings (SSSR count). The first-order valence-electron chi connectivity index (χ1n) is 4.54. The van der Waals surface area contributed by atoms with Crippen LogP contribution in [0.5, 0.6) is 0 Å². The maximum Gasteiger partial charge on any atom is 0.305 e. The average Bonchev–Trinajstić information content (AvgIpc) is 2.04. The van der Waals surface area contributed by atoms with E-state index in [0.29, 0.717) is 13.0 Å². The summed E-state index contributed by atoms with van der Waals surface area (Å²) in [5.41, 5.74) is 0. The van der Waals surface area contributed by atoms with Crippen LogP contribution in [0.2, 0.25) is 0 Å². The molecule has 84 valence electrons. The van der Waals surface area contributed by atoms with E-state index in [9.17, 15) is 9.59 Å². The molecule has 0 spiro atoms. The number of rotatable bonds is 7. The number of carbonyl (C=O) groups is 2. The number of carboxylic acid groups (broad SMARTS) is 1. The van der Waals surface area contributed by atoms with Gasteiger partial charge in [-0.15, -0.1) is 12.4 Å². The Hall–Kier alpha value is -0.770. The van der Waals surface area contributed by atoms with Crippen molar-refractivity contribution in [2.24, 2.45) is 0 Å². The van der Waals surface area contributed by atoms with Gasteiger partial charge >= 0.3 is 11.9 Å². The van der Waals surface area contributed by atoms with E-state index in [4.69, 9.17) is 9.84 Å². The lowest BCUT2D eigenvalue weighted by Gasteiger charge is -2.02. The Balaban J connectivity index is 0. The first-order valence-corrected chi connectivity index (χ1v) is 4.54. The molecule has 0 aromatic carbocycles. The molecule has 0 saturated carbocycles. The van der Waals surface area contributed by atoms with Crippen LogP contribution in [-0.2, 0) is 14.3 Å². The van der Waals surface area contributed by atoms with Crippen LogP contribution in [0.15, 0.2) is 0 Å². The van der Waals surface area contributed by atoms with Crippen LogP contribution in [-0.4, -0.2) is 23.7 Å². The van der Waals surface area contributed by atoms with Crippen molar-refractivity contribution in [3.63, 3.8) is 0 Å². The zero-order valence-electron chi connectivity index (χ0n) is 8.32. The molecule has 0 saturated heterocycles. The highest BCUT2D eigenvalue weighted by Crippen LogP contribution is 1.98. The summed E-state index contributed by atoms with van der Waals surface area (Å²) in [7, 11) is 0. The van der Waals surface area contributed by atoms with E-state index in [1.54, 1.807) is 0 Å². The summed E-state index contributed by atoms with van der Waals surface area (Å²) in [5, 5.41) is 8.29. The lowest BCUT2D eigenvalue weighted by atomic mass is 10.2. The summed E-state index contributed by atoms with van der Waals surface area (Å²) in [5.74, 6) is -1.17. The molecule has 0 aliphatic heterocycles. The van der Waals surface area contributed by atoms with Gasteiger partial charge in [-0.2, -0.15) is 0 Å². The monoisotopic (exact) mass is 224 g/mol. The normalized spacial score (nSPS) is 8.93. The third-order valence-corrected chi connectivity index (χ3v) is 1.53. The van der Waals surface area contributed by atoms with Crippen molar-refractivity contribution in [3.05, 3.63) is 0 Å². The SMILES string of the molecule is CCCCOC(=O)CCCC(=O)O.Cl. The van der Waals surface area contributed by atoms with Crippen LogP contribution in [0.1, 0.15) is 39.0 Å². The van der Waals surface area contributed by atoms with Gasteiger partial charge in [0.25, 0.3) is 0 Å². The van der Waals surface area contributed by atoms with Crippen LogP contribution < -0.4 is 0 Å². The summed E-state index contributed by atoms with van der Waals surface area (Å²) < 4.78 is 4.83. The second-order valence-electron chi connectivity index (χ2n) is 2.82. The first kappa shape index (κ1) is 15.7. The fourth-order valence-electron chi connectivity index (χ4n) is 0.786. The fraction of sp³-hybridized carbons (Fsp3) is 0.778.